The molecule has 0 radical (unpaired) electrons. The molecular formula is C22H24N4O. The van der Waals surface area contributed by atoms with Crippen LogP contribution < -0.4 is 5.32 Å². The van der Waals surface area contributed by atoms with Crippen molar-refractivity contribution >= 4 is 16.8 Å². The number of fused-ring (bicyclic) bond motifs is 1. The smallest absolute Gasteiger partial charge is 0.254 e. The maximum atomic E-state index is 13.4. The van der Waals surface area contributed by atoms with Crippen LogP contribution in [0.1, 0.15) is 23.2 Å². The minimum absolute atomic E-state index is 0.0968. The van der Waals surface area contributed by atoms with Gasteiger partial charge in [-0.25, -0.2) is 4.98 Å². The maximum Gasteiger partial charge on any atom is 0.254 e. The Balaban J connectivity index is 1.74. The van der Waals surface area contributed by atoms with E-state index in [9.17, 15) is 4.79 Å². The first kappa shape index (κ1) is 17.6. The van der Waals surface area contributed by atoms with Gasteiger partial charge in [-0.2, -0.15) is 0 Å². The van der Waals surface area contributed by atoms with Crippen molar-refractivity contribution in [1.82, 2.24) is 20.2 Å². The molecule has 3 heterocycles. The summed E-state index contributed by atoms with van der Waals surface area (Å²) in [4.78, 5) is 24.4. The molecule has 1 amide bonds. The molecule has 0 bridgehead atoms. The minimum atomic E-state index is 0.0968. The van der Waals surface area contributed by atoms with E-state index in [0.717, 1.165) is 53.8 Å². The van der Waals surface area contributed by atoms with E-state index in [1.807, 2.05) is 54.4 Å². The summed E-state index contributed by atoms with van der Waals surface area (Å²) in [5.74, 6) is 0.609. The number of nitrogens with zero attached hydrogens (tertiary/aromatic N) is 3. The molecule has 1 unspecified atom stereocenters. The van der Waals surface area contributed by atoms with Gasteiger partial charge in [-0.05, 0) is 56.6 Å². The number of nitrogens with one attached hydrogen (secondary N) is 1. The molecule has 3 aromatic rings. The van der Waals surface area contributed by atoms with Crippen molar-refractivity contribution in [2.45, 2.75) is 12.8 Å². The molecule has 0 spiro atoms. The molecule has 0 saturated carbocycles. The quantitative estimate of drug-likeness (QED) is 0.775. The summed E-state index contributed by atoms with van der Waals surface area (Å²) in [7, 11) is 1.97. The number of piperidine rings is 1. The van der Waals surface area contributed by atoms with Crippen LogP contribution in [0.4, 0.5) is 0 Å². The second kappa shape index (κ2) is 7.84. The van der Waals surface area contributed by atoms with Gasteiger partial charge in [-0.1, -0.05) is 18.2 Å². The van der Waals surface area contributed by atoms with Gasteiger partial charge in [0.2, 0.25) is 0 Å². The molecule has 2 aromatic heterocycles. The number of benzene rings is 1. The monoisotopic (exact) mass is 360 g/mol. The van der Waals surface area contributed by atoms with Crippen molar-refractivity contribution in [3.05, 3.63) is 60.4 Å². The van der Waals surface area contributed by atoms with Gasteiger partial charge in [0.05, 0.1) is 16.8 Å². The number of para-hydroxylation sites is 1. The Bertz CT molecular complexity index is 939. The summed E-state index contributed by atoms with van der Waals surface area (Å²) in [6.45, 7) is 2.57. The summed E-state index contributed by atoms with van der Waals surface area (Å²) in [5.41, 5.74) is 3.27. The fourth-order valence-corrected chi connectivity index (χ4v) is 3.89. The second-order valence-corrected chi connectivity index (χ2v) is 7.13. The highest BCUT2D eigenvalue weighted by Gasteiger charge is 2.25. The highest BCUT2D eigenvalue weighted by atomic mass is 16.2. The summed E-state index contributed by atoms with van der Waals surface area (Å²) >= 11 is 0. The second-order valence-electron chi connectivity index (χ2n) is 7.13. The van der Waals surface area contributed by atoms with Gasteiger partial charge >= 0.3 is 0 Å². The predicted molar refractivity (Wildman–Crippen MR) is 108 cm³/mol. The van der Waals surface area contributed by atoms with Gasteiger partial charge in [0.15, 0.2) is 0 Å². The normalized spacial score (nSPS) is 17.2. The Morgan fingerprint density at radius 1 is 1.26 bits per heavy atom. The molecule has 1 aliphatic rings. The number of amides is 1. The molecule has 1 atom stereocenters. The van der Waals surface area contributed by atoms with Crippen LogP contribution in [0.2, 0.25) is 0 Å². The van der Waals surface area contributed by atoms with Gasteiger partial charge in [0.25, 0.3) is 5.91 Å². The Morgan fingerprint density at radius 3 is 2.96 bits per heavy atom. The molecule has 1 aliphatic heterocycles. The molecule has 5 nitrogen and oxygen atoms in total. The van der Waals surface area contributed by atoms with Gasteiger partial charge < -0.3 is 10.2 Å². The lowest BCUT2D eigenvalue weighted by molar-refractivity contribution is 0.0676. The zero-order valence-corrected chi connectivity index (χ0v) is 15.6. The summed E-state index contributed by atoms with van der Waals surface area (Å²) in [6.07, 6.45) is 5.75. The van der Waals surface area contributed by atoms with E-state index < -0.39 is 0 Å². The average Bonchev–Trinajstić information content (AvgIpc) is 2.73. The van der Waals surface area contributed by atoms with Crippen LogP contribution >= 0.6 is 0 Å². The number of carbonyl (C=O) groups excluding carboxylic acids is 1. The molecule has 1 saturated heterocycles. The van der Waals surface area contributed by atoms with E-state index in [0.29, 0.717) is 5.92 Å². The Kier molecular flexibility index (Phi) is 5.12. The fraction of sp³-hybridized carbons (Fsp3) is 0.318. The summed E-state index contributed by atoms with van der Waals surface area (Å²) in [5, 5.41) is 4.15. The van der Waals surface area contributed by atoms with Crippen molar-refractivity contribution in [1.29, 1.82) is 0 Å². The first-order chi connectivity index (χ1) is 13.3. The van der Waals surface area contributed by atoms with Crippen molar-refractivity contribution in [3.8, 4) is 11.3 Å². The van der Waals surface area contributed by atoms with Crippen LogP contribution in [0.25, 0.3) is 22.2 Å². The van der Waals surface area contributed by atoms with E-state index >= 15 is 0 Å². The molecule has 1 N–H and O–H groups in total. The van der Waals surface area contributed by atoms with Crippen LogP contribution in [0, 0.1) is 5.92 Å². The van der Waals surface area contributed by atoms with Crippen molar-refractivity contribution in [3.63, 3.8) is 0 Å². The number of pyridine rings is 2. The zero-order chi connectivity index (χ0) is 18.6. The largest absolute Gasteiger partial charge is 0.338 e. The topological polar surface area (TPSA) is 58.1 Å². The summed E-state index contributed by atoms with van der Waals surface area (Å²) in [6, 6.07) is 13.7. The number of hydrogen-bond acceptors (Lipinski definition) is 4. The molecule has 4 rings (SSSR count). The number of carbonyl (C=O) groups is 1. The van der Waals surface area contributed by atoms with E-state index in [1.165, 1.54) is 6.42 Å². The number of aromatic nitrogens is 2. The molecule has 1 aromatic carbocycles. The van der Waals surface area contributed by atoms with Gasteiger partial charge in [0.1, 0.15) is 0 Å². The van der Waals surface area contributed by atoms with Crippen LogP contribution in [0.15, 0.2) is 54.9 Å². The third-order valence-electron chi connectivity index (χ3n) is 5.20. The molecule has 27 heavy (non-hydrogen) atoms. The SMILES string of the molecule is CNCC1CCCN(C(=O)c2cc(-c3cccnc3)nc3ccccc23)C1. The van der Waals surface area contributed by atoms with Gasteiger partial charge in [0, 0.05) is 36.4 Å². The van der Waals surface area contributed by atoms with Crippen molar-refractivity contribution in [2.75, 3.05) is 26.7 Å². The summed E-state index contributed by atoms with van der Waals surface area (Å²) < 4.78 is 0. The van der Waals surface area contributed by atoms with Gasteiger partial charge in [-0.3, -0.25) is 9.78 Å². The van der Waals surface area contributed by atoms with E-state index in [-0.39, 0.29) is 5.91 Å². The lowest BCUT2D eigenvalue weighted by atomic mass is 9.96. The third kappa shape index (κ3) is 3.69. The standard InChI is InChI=1S/C22H24N4O/c1-23-13-16-6-5-11-26(15-16)22(27)19-12-21(17-7-4-10-24-14-17)25-20-9-3-2-8-18(19)20/h2-4,7-10,12,14,16,23H,5-6,11,13,15H2,1H3. The Labute approximate surface area is 159 Å². The Morgan fingerprint density at radius 2 is 2.15 bits per heavy atom. The zero-order valence-electron chi connectivity index (χ0n) is 15.6. The number of rotatable bonds is 4. The van der Waals surface area contributed by atoms with Crippen LogP contribution in [-0.2, 0) is 0 Å². The molecule has 1 fully saturated rings. The fourth-order valence-electron chi connectivity index (χ4n) is 3.89. The van der Waals surface area contributed by atoms with Gasteiger partial charge in [-0.15, -0.1) is 0 Å². The first-order valence-electron chi connectivity index (χ1n) is 9.50. The first-order valence-corrected chi connectivity index (χ1v) is 9.50. The van der Waals surface area contributed by atoms with Crippen LogP contribution in [0.3, 0.4) is 0 Å². The van der Waals surface area contributed by atoms with Crippen molar-refractivity contribution < 1.29 is 4.79 Å². The lowest BCUT2D eigenvalue weighted by Crippen LogP contribution is -2.42. The Hall–Kier alpha value is -2.79. The number of hydrogen-bond donors (Lipinski definition) is 1. The molecular weight excluding hydrogens is 336 g/mol. The maximum absolute atomic E-state index is 13.4. The lowest BCUT2D eigenvalue weighted by Gasteiger charge is -2.33. The molecule has 5 heteroatoms. The minimum Gasteiger partial charge on any atom is -0.338 e. The van der Waals surface area contributed by atoms with Crippen LogP contribution in [-0.4, -0.2) is 47.5 Å². The highest BCUT2D eigenvalue weighted by Crippen LogP contribution is 2.27. The third-order valence-corrected chi connectivity index (χ3v) is 5.20. The van der Waals surface area contributed by atoms with Crippen molar-refractivity contribution in [2.24, 2.45) is 5.92 Å². The molecule has 0 aliphatic carbocycles. The van der Waals surface area contributed by atoms with E-state index in [4.69, 9.17) is 4.98 Å². The highest BCUT2D eigenvalue weighted by molar-refractivity contribution is 6.07. The average molecular weight is 360 g/mol. The molecule has 138 valence electrons. The van der Waals surface area contributed by atoms with E-state index in [2.05, 4.69) is 10.3 Å². The number of likely N-dealkylation sites (tertiary alicyclic amines) is 1. The predicted octanol–water partition coefficient (Wildman–Crippen LogP) is 3.37. The van der Waals surface area contributed by atoms with E-state index in [1.54, 1.807) is 12.4 Å². The van der Waals surface area contributed by atoms with Crippen LogP contribution in [0.5, 0.6) is 0 Å².